The van der Waals surface area contributed by atoms with Gasteiger partial charge in [0.15, 0.2) is 0 Å². The number of aromatic carboxylic acids is 1. The zero-order valence-corrected chi connectivity index (χ0v) is 8.42. The summed E-state index contributed by atoms with van der Waals surface area (Å²) in [6.07, 6.45) is 1.48. The summed E-state index contributed by atoms with van der Waals surface area (Å²) < 4.78 is 0. The quantitative estimate of drug-likeness (QED) is 0.429. The SMILES string of the molecule is CN(CN)N=Cc1ccccc1C(=O)O. The van der Waals surface area contributed by atoms with Crippen molar-refractivity contribution in [1.29, 1.82) is 0 Å². The van der Waals surface area contributed by atoms with Crippen LogP contribution in [0.3, 0.4) is 0 Å². The van der Waals surface area contributed by atoms with Crippen LogP contribution in [-0.2, 0) is 0 Å². The molecule has 0 atom stereocenters. The molecule has 15 heavy (non-hydrogen) atoms. The third kappa shape index (κ3) is 3.07. The molecule has 0 aromatic heterocycles. The lowest BCUT2D eigenvalue weighted by Crippen LogP contribution is -2.20. The van der Waals surface area contributed by atoms with Gasteiger partial charge in [0.05, 0.1) is 18.4 Å². The number of hydrogen-bond acceptors (Lipinski definition) is 4. The van der Waals surface area contributed by atoms with Gasteiger partial charge in [-0.3, -0.25) is 5.01 Å². The van der Waals surface area contributed by atoms with Crippen molar-refractivity contribution in [2.24, 2.45) is 10.8 Å². The molecule has 0 aliphatic heterocycles. The summed E-state index contributed by atoms with van der Waals surface area (Å²) in [6.45, 7) is 0.283. The molecule has 0 fully saturated rings. The first-order valence-electron chi connectivity index (χ1n) is 4.42. The van der Waals surface area contributed by atoms with E-state index in [4.69, 9.17) is 10.8 Å². The van der Waals surface area contributed by atoms with Crippen LogP contribution >= 0.6 is 0 Å². The van der Waals surface area contributed by atoms with Crippen LogP contribution in [0, 0.1) is 0 Å². The minimum absolute atomic E-state index is 0.228. The minimum atomic E-state index is -0.965. The third-order valence-electron chi connectivity index (χ3n) is 1.85. The lowest BCUT2D eigenvalue weighted by Gasteiger charge is -2.08. The van der Waals surface area contributed by atoms with Gasteiger partial charge >= 0.3 is 5.97 Å². The van der Waals surface area contributed by atoms with Gasteiger partial charge in [-0.15, -0.1) is 0 Å². The number of carbonyl (C=O) groups is 1. The summed E-state index contributed by atoms with van der Waals surface area (Å²) in [5.41, 5.74) is 6.12. The molecule has 80 valence electrons. The number of carboxylic acid groups (broad SMARTS) is 1. The average molecular weight is 207 g/mol. The lowest BCUT2D eigenvalue weighted by atomic mass is 10.1. The predicted octanol–water partition coefficient (Wildman–Crippen LogP) is 0.567. The van der Waals surface area contributed by atoms with Crippen molar-refractivity contribution < 1.29 is 9.90 Å². The summed E-state index contributed by atoms with van der Waals surface area (Å²) >= 11 is 0. The number of nitrogens with zero attached hydrogens (tertiary/aromatic N) is 2. The van der Waals surface area contributed by atoms with Crippen LogP contribution in [0.15, 0.2) is 29.4 Å². The van der Waals surface area contributed by atoms with Gasteiger partial charge in [-0.05, 0) is 6.07 Å². The van der Waals surface area contributed by atoms with Crippen LogP contribution in [0.4, 0.5) is 0 Å². The molecule has 3 N–H and O–H groups in total. The van der Waals surface area contributed by atoms with Gasteiger partial charge in [-0.1, -0.05) is 18.2 Å². The molecule has 0 spiro atoms. The Morgan fingerprint density at radius 3 is 2.87 bits per heavy atom. The zero-order chi connectivity index (χ0) is 11.3. The second kappa shape index (κ2) is 5.11. The fourth-order valence-corrected chi connectivity index (χ4v) is 1.01. The van der Waals surface area contributed by atoms with Gasteiger partial charge in [0.2, 0.25) is 0 Å². The van der Waals surface area contributed by atoms with Crippen molar-refractivity contribution in [2.45, 2.75) is 0 Å². The summed E-state index contributed by atoms with van der Waals surface area (Å²) in [5, 5.41) is 14.4. The van der Waals surface area contributed by atoms with Crippen molar-refractivity contribution in [1.82, 2.24) is 5.01 Å². The van der Waals surface area contributed by atoms with Gasteiger partial charge < -0.3 is 10.8 Å². The summed E-state index contributed by atoms with van der Waals surface area (Å²) in [5.74, 6) is -0.965. The Morgan fingerprint density at radius 2 is 2.27 bits per heavy atom. The van der Waals surface area contributed by atoms with Crippen molar-refractivity contribution in [3.8, 4) is 0 Å². The van der Waals surface area contributed by atoms with Gasteiger partial charge in [-0.25, -0.2) is 4.79 Å². The largest absolute Gasteiger partial charge is 0.478 e. The molecule has 0 bridgehead atoms. The molecule has 1 rings (SSSR count). The smallest absolute Gasteiger partial charge is 0.336 e. The van der Waals surface area contributed by atoms with E-state index in [-0.39, 0.29) is 12.2 Å². The molecular weight excluding hydrogens is 194 g/mol. The summed E-state index contributed by atoms with van der Waals surface area (Å²) in [7, 11) is 1.71. The molecular formula is C10H13N3O2. The maximum Gasteiger partial charge on any atom is 0.336 e. The number of rotatable bonds is 4. The van der Waals surface area contributed by atoms with Gasteiger partial charge in [-0.2, -0.15) is 5.10 Å². The Kier molecular flexibility index (Phi) is 3.82. The average Bonchev–Trinajstić information content (AvgIpc) is 2.26. The zero-order valence-electron chi connectivity index (χ0n) is 8.42. The van der Waals surface area contributed by atoms with E-state index in [1.807, 2.05) is 0 Å². The molecule has 1 aromatic carbocycles. The number of hydrogen-bond donors (Lipinski definition) is 2. The van der Waals surface area contributed by atoms with Crippen LogP contribution in [-0.4, -0.2) is 36.0 Å². The Morgan fingerprint density at radius 1 is 1.60 bits per heavy atom. The second-order valence-corrected chi connectivity index (χ2v) is 2.98. The lowest BCUT2D eigenvalue weighted by molar-refractivity contribution is 0.0697. The Labute approximate surface area is 87.8 Å². The topological polar surface area (TPSA) is 78.9 Å². The van der Waals surface area contributed by atoms with Crippen molar-refractivity contribution in [2.75, 3.05) is 13.7 Å². The van der Waals surface area contributed by atoms with Crippen LogP contribution in [0.2, 0.25) is 0 Å². The molecule has 0 heterocycles. The Balaban J connectivity index is 2.94. The fourth-order valence-electron chi connectivity index (χ4n) is 1.01. The number of carboxylic acids is 1. The first-order chi connectivity index (χ1) is 7.15. The third-order valence-corrected chi connectivity index (χ3v) is 1.85. The molecule has 0 amide bonds. The van der Waals surface area contributed by atoms with E-state index in [1.165, 1.54) is 17.3 Å². The van der Waals surface area contributed by atoms with Crippen LogP contribution in [0.5, 0.6) is 0 Å². The highest BCUT2D eigenvalue weighted by atomic mass is 16.4. The monoisotopic (exact) mass is 207 g/mol. The van der Waals surface area contributed by atoms with Gasteiger partial charge in [0.25, 0.3) is 0 Å². The van der Waals surface area contributed by atoms with Gasteiger partial charge in [0.1, 0.15) is 0 Å². The van der Waals surface area contributed by atoms with Crippen molar-refractivity contribution >= 4 is 12.2 Å². The van der Waals surface area contributed by atoms with E-state index in [0.717, 1.165) is 0 Å². The normalized spacial score (nSPS) is 10.5. The predicted molar refractivity (Wildman–Crippen MR) is 57.8 cm³/mol. The first-order valence-corrected chi connectivity index (χ1v) is 4.42. The van der Waals surface area contributed by atoms with E-state index in [2.05, 4.69) is 5.10 Å². The van der Waals surface area contributed by atoms with E-state index >= 15 is 0 Å². The Hall–Kier alpha value is -1.88. The van der Waals surface area contributed by atoms with E-state index in [1.54, 1.807) is 25.2 Å². The maximum absolute atomic E-state index is 10.8. The Bertz CT molecular complexity index is 377. The minimum Gasteiger partial charge on any atom is -0.478 e. The van der Waals surface area contributed by atoms with Crippen molar-refractivity contribution in [3.63, 3.8) is 0 Å². The fraction of sp³-hybridized carbons (Fsp3) is 0.200. The van der Waals surface area contributed by atoms with E-state index in [0.29, 0.717) is 5.56 Å². The highest BCUT2D eigenvalue weighted by Gasteiger charge is 2.06. The highest BCUT2D eigenvalue weighted by molar-refractivity contribution is 5.98. The molecule has 0 saturated heterocycles. The molecule has 5 heteroatoms. The number of benzene rings is 1. The highest BCUT2D eigenvalue weighted by Crippen LogP contribution is 2.06. The molecule has 0 unspecified atom stereocenters. The van der Waals surface area contributed by atoms with E-state index in [9.17, 15) is 4.79 Å². The molecule has 0 aliphatic carbocycles. The van der Waals surface area contributed by atoms with Crippen molar-refractivity contribution in [3.05, 3.63) is 35.4 Å². The molecule has 1 aromatic rings. The first kappa shape index (κ1) is 11.2. The number of nitrogens with two attached hydrogens (primary N) is 1. The maximum atomic E-state index is 10.8. The van der Waals surface area contributed by atoms with Gasteiger partial charge in [0, 0.05) is 12.6 Å². The molecule has 0 radical (unpaired) electrons. The summed E-state index contributed by atoms with van der Waals surface area (Å²) in [4.78, 5) is 10.8. The van der Waals surface area contributed by atoms with Crippen LogP contribution in [0.1, 0.15) is 15.9 Å². The van der Waals surface area contributed by atoms with Crippen LogP contribution < -0.4 is 5.73 Å². The summed E-state index contributed by atoms with van der Waals surface area (Å²) in [6, 6.07) is 6.66. The molecule has 5 nitrogen and oxygen atoms in total. The molecule has 0 aliphatic rings. The second-order valence-electron chi connectivity index (χ2n) is 2.98. The van der Waals surface area contributed by atoms with E-state index < -0.39 is 5.97 Å². The standard InChI is InChI=1S/C10H13N3O2/c1-13(7-11)12-6-8-4-2-3-5-9(8)10(14)15/h2-6H,7,11H2,1H3,(H,14,15). The number of hydrazone groups is 1. The molecule has 0 saturated carbocycles. The van der Waals surface area contributed by atoms with Crippen LogP contribution in [0.25, 0.3) is 0 Å².